The van der Waals surface area contributed by atoms with Crippen LogP contribution in [0.15, 0.2) is 103 Å². The molecule has 5 rings (SSSR count). The van der Waals surface area contributed by atoms with Crippen LogP contribution in [0.5, 0.6) is 5.75 Å². The van der Waals surface area contributed by atoms with E-state index in [1.807, 2.05) is 85.1 Å². The molecule has 0 atom stereocenters. The van der Waals surface area contributed by atoms with E-state index in [4.69, 9.17) is 16.3 Å². The van der Waals surface area contributed by atoms with Gasteiger partial charge in [0.15, 0.2) is 0 Å². The molecule has 0 radical (unpaired) electrons. The van der Waals surface area contributed by atoms with Gasteiger partial charge < -0.3 is 9.84 Å². The van der Waals surface area contributed by atoms with Crippen LogP contribution < -0.4 is 4.74 Å². The maximum Gasteiger partial charge on any atom is 0.313 e. The van der Waals surface area contributed by atoms with Crippen molar-refractivity contribution in [3.8, 4) is 28.0 Å². The summed E-state index contributed by atoms with van der Waals surface area (Å²) in [6, 6.07) is 31.6. The molecule has 0 aliphatic heterocycles. The first-order valence-electron chi connectivity index (χ1n) is 12.0. The number of fused-ring (bicyclic) bond motifs is 1. The Morgan fingerprint density at radius 1 is 0.892 bits per heavy atom. The van der Waals surface area contributed by atoms with Crippen LogP contribution in [0.4, 0.5) is 0 Å². The molecule has 0 bridgehead atoms. The molecule has 0 aliphatic carbocycles. The highest BCUT2D eigenvalue weighted by Gasteiger charge is 2.29. The maximum absolute atomic E-state index is 11.5. The number of aliphatic carboxylic acids is 1. The zero-order valence-electron chi connectivity index (χ0n) is 20.6. The molecule has 1 heterocycles. The van der Waals surface area contributed by atoms with Crippen molar-refractivity contribution in [1.82, 2.24) is 4.98 Å². The van der Waals surface area contributed by atoms with E-state index in [9.17, 15) is 9.90 Å². The van der Waals surface area contributed by atoms with Gasteiger partial charge in [0.2, 0.25) is 0 Å². The van der Waals surface area contributed by atoms with E-state index in [0.717, 1.165) is 50.0 Å². The third kappa shape index (κ3) is 4.93. The molecule has 5 aromatic rings. The number of benzene rings is 4. The van der Waals surface area contributed by atoms with Gasteiger partial charge in [-0.1, -0.05) is 90.5 Å². The van der Waals surface area contributed by atoms with Crippen LogP contribution in [0.1, 0.15) is 25.0 Å². The van der Waals surface area contributed by atoms with Gasteiger partial charge in [0.1, 0.15) is 12.4 Å². The normalized spacial score (nSPS) is 11.4. The highest BCUT2D eigenvalue weighted by Crippen LogP contribution is 2.39. The Balaban J connectivity index is 1.48. The molecule has 5 heteroatoms. The van der Waals surface area contributed by atoms with Crippen LogP contribution in [0.3, 0.4) is 0 Å². The summed E-state index contributed by atoms with van der Waals surface area (Å²) in [6.45, 7) is 3.77. The number of carboxylic acid groups (broad SMARTS) is 1. The Morgan fingerprint density at radius 3 is 2.32 bits per heavy atom. The molecule has 0 aliphatic rings. The Morgan fingerprint density at radius 2 is 1.59 bits per heavy atom. The first-order valence-corrected chi connectivity index (χ1v) is 12.4. The number of rotatable bonds is 7. The van der Waals surface area contributed by atoms with Crippen molar-refractivity contribution in [2.45, 2.75) is 25.9 Å². The van der Waals surface area contributed by atoms with Crippen LogP contribution in [0.2, 0.25) is 5.02 Å². The number of carbonyl (C=O) groups is 1. The molecule has 0 saturated carbocycles. The second-order valence-electron chi connectivity index (χ2n) is 9.49. The van der Waals surface area contributed by atoms with Gasteiger partial charge in [0, 0.05) is 22.7 Å². The Kier molecular flexibility index (Phi) is 6.68. The number of pyridine rings is 1. The number of halogens is 1. The molecule has 0 spiro atoms. The SMILES string of the molecule is CC(C)(C(=O)O)c1ccc(COc2cccc(-c3c(-c4ccccc4)cnc4c(Cl)cccc34)c2)cc1. The fraction of sp³-hybridized carbons (Fsp3) is 0.125. The lowest BCUT2D eigenvalue weighted by Crippen LogP contribution is -2.28. The summed E-state index contributed by atoms with van der Waals surface area (Å²) in [7, 11) is 0. The van der Waals surface area contributed by atoms with E-state index in [1.165, 1.54) is 0 Å². The number of ether oxygens (including phenoxy) is 1. The summed E-state index contributed by atoms with van der Waals surface area (Å²) in [5.41, 5.74) is 5.67. The predicted molar refractivity (Wildman–Crippen MR) is 149 cm³/mol. The summed E-state index contributed by atoms with van der Waals surface area (Å²) >= 11 is 6.50. The largest absolute Gasteiger partial charge is 0.489 e. The number of hydrogen-bond acceptors (Lipinski definition) is 3. The van der Waals surface area contributed by atoms with Crippen LogP contribution in [0.25, 0.3) is 33.2 Å². The average Bonchev–Trinajstić information content (AvgIpc) is 2.92. The van der Waals surface area contributed by atoms with Crippen molar-refractivity contribution in [3.63, 3.8) is 0 Å². The Hall–Kier alpha value is -4.15. The number of nitrogens with zero attached hydrogens (tertiary/aromatic N) is 1. The van der Waals surface area contributed by atoms with Gasteiger partial charge in [-0.25, -0.2) is 0 Å². The molecule has 184 valence electrons. The fourth-order valence-electron chi connectivity index (χ4n) is 4.38. The van der Waals surface area contributed by atoms with Crippen LogP contribution >= 0.6 is 11.6 Å². The minimum absolute atomic E-state index is 0.367. The Labute approximate surface area is 221 Å². The number of para-hydroxylation sites is 1. The lowest BCUT2D eigenvalue weighted by Gasteiger charge is -2.20. The van der Waals surface area contributed by atoms with Gasteiger partial charge in [-0.2, -0.15) is 0 Å². The zero-order valence-corrected chi connectivity index (χ0v) is 21.4. The van der Waals surface area contributed by atoms with Crippen molar-refractivity contribution < 1.29 is 14.6 Å². The summed E-state index contributed by atoms with van der Waals surface area (Å²) in [5, 5.41) is 11.1. The van der Waals surface area contributed by atoms with Gasteiger partial charge in [-0.15, -0.1) is 0 Å². The standard InChI is InChI=1S/C32H26ClNO3/c1-32(2,31(35)36)24-16-14-21(15-17-24)20-37-25-11-6-10-23(18-25)29-26-12-7-13-28(33)30(26)34-19-27(29)22-8-4-3-5-9-22/h3-19H,20H2,1-2H3,(H,35,36). The van der Waals surface area contributed by atoms with Crippen molar-refractivity contribution in [3.05, 3.63) is 119 Å². The van der Waals surface area contributed by atoms with Crippen molar-refractivity contribution in [1.29, 1.82) is 0 Å². The second-order valence-corrected chi connectivity index (χ2v) is 9.90. The summed E-state index contributed by atoms with van der Waals surface area (Å²) in [6.07, 6.45) is 1.88. The predicted octanol–water partition coefficient (Wildman–Crippen LogP) is 8.16. The van der Waals surface area contributed by atoms with Crippen LogP contribution in [-0.2, 0) is 16.8 Å². The monoisotopic (exact) mass is 507 g/mol. The van der Waals surface area contributed by atoms with Gasteiger partial charge in [-0.05, 0) is 54.3 Å². The molecular weight excluding hydrogens is 482 g/mol. The topological polar surface area (TPSA) is 59.4 Å². The average molecular weight is 508 g/mol. The van der Waals surface area contributed by atoms with Crippen LogP contribution in [0, 0.1) is 0 Å². The molecule has 0 amide bonds. The van der Waals surface area contributed by atoms with Gasteiger partial charge in [-0.3, -0.25) is 9.78 Å². The lowest BCUT2D eigenvalue weighted by molar-refractivity contribution is -0.142. The highest BCUT2D eigenvalue weighted by atomic mass is 35.5. The first kappa shape index (κ1) is 24.5. The van der Waals surface area contributed by atoms with Crippen LogP contribution in [-0.4, -0.2) is 16.1 Å². The minimum Gasteiger partial charge on any atom is -0.489 e. The molecule has 1 N–H and O–H groups in total. The minimum atomic E-state index is -0.944. The smallest absolute Gasteiger partial charge is 0.313 e. The van der Waals surface area contributed by atoms with E-state index in [0.29, 0.717) is 11.6 Å². The zero-order chi connectivity index (χ0) is 26.0. The molecule has 1 aromatic heterocycles. The fourth-order valence-corrected chi connectivity index (χ4v) is 4.61. The molecule has 0 saturated heterocycles. The summed E-state index contributed by atoms with van der Waals surface area (Å²) < 4.78 is 6.15. The molecular formula is C32H26ClNO3. The maximum atomic E-state index is 11.5. The summed E-state index contributed by atoms with van der Waals surface area (Å²) in [4.78, 5) is 16.2. The molecule has 37 heavy (non-hydrogen) atoms. The first-order chi connectivity index (χ1) is 17.8. The second kappa shape index (κ2) is 10.1. The third-order valence-corrected chi connectivity index (χ3v) is 6.98. The van der Waals surface area contributed by atoms with Crippen molar-refractivity contribution in [2.75, 3.05) is 0 Å². The van der Waals surface area contributed by atoms with E-state index in [2.05, 4.69) is 23.2 Å². The quantitative estimate of drug-likeness (QED) is 0.241. The molecule has 0 fully saturated rings. The van der Waals surface area contributed by atoms with E-state index >= 15 is 0 Å². The van der Waals surface area contributed by atoms with Crippen molar-refractivity contribution >= 4 is 28.5 Å². The van der Waals surface area contributed by atoms with Gasteiger partial charge >= 0.3 is 5.97 Å². The molecule has 4 aromatic carbocycles. The lowest BCUT2D eigenvalue weighted by atomic mass is 9.84. The van der Waals surface area contributed by atoms with E-state index < -0.39 is 11.4 Å². The van der Waals surface area contributed by atoms with Crippen molar-refractivity contribution in [2.24, 2.45) is 0 Å². The molecule has 0 unspecified atom stereocenters. The highest BCUT2D eigenvalue weighted by molar-refractivity contribution is 6.35. The number of carboxylic acids is 1. The van der Waals surface area contributed by atoms with Gasteiger partial charge in [0.05, 0.1) is 16.0 Å². The van der Waals surface area contributed by atoms with Gasteiger partial charge in [0.25, 0.3) is 0 Å². The Bertz CT molecular complexity index is 1580. The van der Waals surface area contributed by atoms with E-state index in [1.54, 1.807) is 13.8 Å². The number of hydrogen-bond donors (Lipinski definition) is 1. The third-order valence-electron chi connectivity index (χ3n) is 6.67. The molecule has 4 nitrogen and oxygen atoms in total. The summed E-state index contributed by atoms with van der Waals surface area (Å²) in [5.74, 6) is -0.119. The number of aromatic nitrogens is 1. The van der Waals surface area contributed by atoms with E-state index in [-0.39, 0.29) is 0 Å².